The molecule has 0 aliphatic rings. The quantitative estimate of drug-likeness (QED) is 0.449. The van der Waals surface area contributed by atoms with Crippen molar-refractivity contribution < 1.29 is 9.53 Å². The average molecular weight is 236 g/mol. The van der Waals surface area contributed by atoms with Gasteiger partial charge in [-0.2, -0.15) is 0 Å². The van der Waals surface area contributed by atoms with Gasteiger partial charge in [0.15, 0.2) is 6.10 Å². The van der Waals surface area contributed by atoms with Gasteiger partial charge in [-0.25, -0.2) is 5.84 Å². The van der Waals surface area contributed by atoms with Crippen LogP contribution in [0.25, 0.3) is 0 Å². The Morgan fingerprint density at radius 2 is 2.06 bits per heavy atom. The Balaban J connectivity index is 2.53. The molecule has 0 heterocycles. The molecular formula is C13H20N2O2. The number of benzene rings is 1. The molecule has 94 valence electrons. The van der Waals surface area contributed by atoms with E-state index in [-0.39, 0.29) is 5.91 Å². The van der Waals surface area contributed by atoms with Crippen molar-refractivity contribution in [3.63, 3.8) is 0 Å². The van der Waals surface area contributed by atoms with E-state index in [4.69, 9.17) is 10.6 Å². The van der Waals surface area contributed by atoms with Crippen molar-refractivity contribution in [2.24, 2.45) is 5.84 Å². The number of nitrogens with two attached hydrogens (primary N) is 1. The highest BCUT2D eigenvalue weighted by atomic mass is 16.5. The van der Waals surface area contributed by atoms with Crippen LogP contribution in [0.5, 0.6) is 5.75 Å². The van der Waals surface area contributed by atoms with E-state index in [2.05, 4.69) is 12.3 Å². The lowest BCUT2D eigenvalue weighted by atomic mass is 10.1. The summed E-state index contributed by atoms with van der Waals surface area (Å²) < 4.78 is 5.43. The number of hydrazine groups is 1. The maximum atomic E-state index is 11.2. The molecule has 0 saturated heterocycles. The number of amides is 1. The van der Waals surface area contributed by atoms with Gasteiger partial charge >= 0.3 is 0 Å². The maximum Gasteiger partial charge on any atom is 0.274 e. The summed E-state index contributed by atoms with van der Waals surface area (Å²) in [6.07, 6.45) is 2.87. The average Bonchev–Trinajstić information content (AvgIpc) is 2.37. The zero-order valence-corrected chi connectivity index (χ0v) is 10.4. The molecular weight excluding hydrogens is 216 g/mol. The van der Waals surface area contributed by atoms with Crippen molar-refractivity contribution in [3.05, 3.63) is 29.8 Å². The summed E-state index contributed by atoms with van der Waals surface area (Å²) in [5, 5.41) is 0. The second-order valence-electron chi connectivity index (χ2n) is 4.02. The summed E-state index contributed by atoms with van der Waals surface area (Å²) in [5.74, 6) is 5.37. The molecule has 3 N–H and O–H groups in total. The van der Waals surface area contributed by atoms with Crippen LogP contribution in [0.15, 0.2) is 24.3 Å². The van der Waals surface area contributed by atoms with E-state index in [1.54, 1.807) is 6.92 Å². The van der Waals surface area contributed by atoms with Crippen LogP contribution in [0.3, 0.4) is 0 Å². The van der Waals surface area contributed by atoms with E-state index in [1.807, 2.05) is 24.3 Å². The SMILES string of the molecule is CCCCc1ccc(OC(C)C(=O)NN)cc1. The van der Waals surface area contributed by atoms with Crippen LogP contribution in [-0.2, 0) is 11.2 Å². The van der Waals surface area contributed by atoms with Crippen molar-refractivity contribution in [2.45, 2.75) is 39.2 Å². The van der Waals surface area contributed by atoms with E-state index in [1.165, 1.54) is 18.4 Å². The number of hydrogen-bond donors (Lipinski definition) is 2. The lowest BCUT2D eigenvalue weighted by Crippen LogP contribution is -2.40. The van der Waals surface area contributed by atoms with Gasteiger partial charge in [0.1, 0.15) is 5.75 Å². The van der Waals surface area contributed by atoms with E-state index >= 15 is 0 Å². The molecule has 4 nitrogen and oxygen atoms in total. The Morgan fingerprint density at radius 3 is 2.59 bits per heavy atom. The minimum absolute atomic E-state index is 0.333. The Labute approximate surface area is 102 Å². The molecule has 4 heteroatoms. The summed E-state index contributed by atoms with van der Waals surface area (Å²) in [7, 11) is 0. The van der Waals surface area contributed by atoms with E-state index in [0.717, 1.165) is 6.42 Å². The summed E-state index contributed by atoms with van der Waals surface area (Å²) in [5.41, 5.74) is 3.35. The van der Waals surface area contributed by atoms with Gasteiger partial charge in [0.25, 0.3) is 5.91 Å². The van der Waals surface area contributed by atoms with Crippen molar-refractivity contribution >= 4 is 5.91 Å². The number of rotatable bonds is 6. The molecule has 0 aliphatic carbocycles. The minimum atomic E-state index is -0.582. The van der Waals surface area contributed by atoms with Crippen LogP contribution in [-0.4, -0.2) is 12.0 Å². The maximum absolute atomic E-state index is 11.2. The zero-order chi connectivity index (χ0) is 12.7. The molecule has 1 aromatic rings. The first-order valence-corrected chi connectivity index (χ1v) is 5.93. The van der Waals surface area contributed by atoms with Crippen molar-refractivity contribution in [2.75, 3.05) is 0 Å². The van der Waals surface area contributed by atoms with Crippen molar-refractivity contribution in [1.29, 1.82) is 0 Å². The largest absolute Gasteiger partial charge is 0.481 e. The van der Waals surface area contributed by atoms with E-state index in [0.29, 0.717) is 5.75 Å². The topological polar surface area (TPSA) is 64.3 Å². The molecule has 1 unspecified atom stereocenters. The Hall–Kier alpha value is -1.55. The van der Waals surface area contributed by atoms with Crippen LogP contribution < -0.4 is 16.0 Å². The van der Waals surface area contributed by atoms with Gasteiger partial charge in [-0.1, -0.05) is 25.5 Å². The number of carbonyl (C=O) groups is 1. The Kier molecular flexibility index (Phi) is 5.49. The van der Waals surface area contributed by atoms with Crippen LogP contribution in [0.4, 0.5) is 0 Å². The third-order valence-electron chi connectivity index (χ3n) is 2.57. The minimum Gasteiger partial charge on any atom is -0.481 e. The number of ether oxygens (including phenoxy) is 1. The van der Waals surface area contributed by atoms with Crippen molar-refractivity contribution in [3.8, 4) is 5.75 Å². The fourth-order valence-corrected chi connectivity index (χ4v) is 1.49. The third-order valence-corrected chi connectivity index (χ3v) is 2.57. The molecule has 0 saturated carbocycles. The highest BCUT2D eigenvalue weighted by molar-refractivity contribution is 5.80. The molecule has 0 spiro atoms. The van der Waals surface area contributed by atoms with Gasteiger partial charge in [0, 0.05) is 0 Å². The number of hydrogen-bond acceptors (Lipinski definition) is 3. The van der Waals surface area contributed by atoms with Crippen LogP contribution >= 0.6 is 0 Å². The summed E-state index contributed by atoms with van der Waals surface area (Å²) in [4.78, 5) is 11.2. The molecule has 1 rings (SSSR count). The molecule has 17 heavy (non-hydrogen) atoms. The second-order valence-corrected chi connectivity index (χ2v) is 4.02. The standard InChI is InChI=1S/C13H20N2O2/c1-3-4-5-11-6-8-12(9-7-11)17-10(2)13(16)15-14/h6-10H,3-5,14H2,1-2H3,(H,15,16). The highest BCUT2D eigenvalue weighted by Crippen LogP contribution is 2.15. The molecule has 1 aromatic carbocycles. The fraction of sp³-hybridized carbons (Fsp3) is 0.462. The lowest BCUT2D eigenvalue weighted by Gasteiger charge is -2.13. The molecule has 1 atom stereocenters. The number of aryl methyl sites for hydroxylation is 1. The second kappa shape index (κ2) is 6.91. The van der Waals surface area contributed by atoms with Gasteiger partial charge in [0.2, 0.25) is 0 Å². The highest BCUT2D eigenvalue weighted by Gasteiger charge is 2.12. The van der Waals surface area contributed by atoms with E-state index < -0.39 is 6.10 Å². The first-order valence-electron chi connectivity index (χ1n) is 5.93. The van der Waals surface area contributed by atoms with Crippen molar-refractivity contribution in [1.82, 2.24) is 5.43 Å². The normalized spacial score (nSPS) is 11.9. The van der Waals surface area contributed by atoms with Crippen LogP contribution in [0.1, 0.15) is 32.3 Å². The molecule has 0 fully saturated rings. The van der Waals surface area contributed by atoms with Gasteiger partial charge in [0.05, 0.1) is 0 Å². The number of unbranched alkanes of at least 4 members (excludes halogenated alkanes) is 1. The summed E-state index contributed by atoms with van der Waals surface area (Å²) in [6.45, 7) is 3.83. The molecule has 0 aliphatic heterocycles. The predicted octanol–water partition coefficient (Wildman–Crippen LogP) is 1.79. The van der Waals surface area contributed by atoms with Gasteiger partial charge < -0.3 is 4.74 Å². The Morgan fingerprint density at radius 1 is 1.41 bits per heavy atom. The zero-order valence-electron chi connectivity index (χ0n) is 10.4. The molecule has 0 radical (unpaired) electrons. The molecule has 0 aromatic heterocycles. The van der Waals surface area contributed by atoms with Gasteiger partial charge in [-0.3, -0.25) is 10.2 Å². The van der Waals surface area contributed by atoms with E-state index in [9.17, 15) is 4.79 Å². The molecule has 1 amide bonds. The van der Waals surface area contributed by atoms with Gasteiger partial charge in [-0.05, 0) is 37.5 Å². The summed E-state index contributed by atoms with van der Waals surface area (Å²) >= 11 is 0. The molecule has 0 bridgehead atoms. The van der Waals surface area contributed by atoms with Crippen LogP contribution in [0.2, 0.25) is 0 Å². The smallest absolute Gasteiger partial charge is 0.274 e. The number of carbonyl (C=O) groups excluding carboxylic acids is 1. The van der Waals surface area contributed by atoms with Gasteiger partial charge in [-0.15, -0.1) is 0 Å². The lowest BCUT2D eigenvalue weighted by molar-refractivity contribution is -0.127. The third kappa shape index (κ3) is 4.44. The monoisotopic (exact) mass is 236 g/mol. The summed E-state index contributed by atoms with van der Waals surface area (Å²) in [6, 6.07) is 7.81. The Bertz CT molecular complexity index is 349. The fourth-order valence-electron chi connectivity index (χ4n) is 1.49. The number of nitrogens with one attached hydrogen (secondary N) is 1. The first kappa shape index (κ1) is 13.5. The predicted molar refractivity (Wildman–Crippen MR) is 67.5 cm³/mol. The van der Waals surface area contributed by atoms with Crippen LogP contribution in [0, 0.1) is 0 Å². The first-order chi connectivity index (χ1) is 8.17.